The molecule has 0 radical (unpaired) electrons. The van der Waals surface area contributed by atoms with E-state index >= 15 is 0 Å². The lowest BCUT2D eigenvalue weighted by atomic mass is 10.2. The van der Waals surface area contributed by atoms with E-state index in [9.17, 15) is 4.79 Å². The molecule has 5 nitrogen and oxygen atoms in total. The number of rotatable bonds is 8. The van der Waals surface area contributed by atoms with E-state index in [0.29, 0.717) is 29.0 Å². The Morgan fingerprint density at radius 2 is 1.71 bits per heavy atom. The monoisotopic (exact) mass is 415 g/mol. The number of likely N-dealkylation sites (N-methyl/N-ethyl adjacent to an activating group) is 1. The van der Waals surface area contributed by atoms with Crippen LogP contribution in [0, 0.1) is 0 Å². The van der Waals surface area contributed by atoms with Gasteiger partial charge in [0, 0.05) is 12.6 Å². The molecule has 0 spiro atoms. The molecule has 0 saturated carbocycles. The van der Waals surface area contributed by atoms with Gasteiger partial charge >= 0.3 is 0 Å². The van der Waals surface area contributed by atoms with Crippen LogP contribution in [0.1, 0.15) is 12.5 Å². The van der Waals surface area contributed by atoms with E-state index in [1.807, 2.05) is 61.5 Å². The maximum Gasteiger partial charge on any atom is 0.266 e. The van der Waals surface area contributed by atoms with Gasteiger partial charge in [0.25, 0.3) is 5.91 Å². The van der Waals surface area contributed by atoms with Crippen LogP contribution < -0.4 is 14.2 Å². The summed E-state index contributed by atoms with van der Waals surface area (Å²) in [6, 6.07) is 15.0. The van der Waals surface area contributed by atoms with Crippen molar-refractivity contribution in [3.05, 3.63) is 59.0 Å². The summed E-state index contributed by atoms with van der Waals surface area (Å²) in [5.74, 6) is 2.20. The van der Waals surface area contributed by atoms with Crippen molar-refractivity contribution < 1.29 is 19.0 Å². The van der Waals surface area contributed by atoms with Crippen LogP contribution in [0.15, 0.2) is 53.4 Å². The summed E-state index contributed by atoms with van der Waals surface area (Å²) in [4.78, 5) is 14.5. The van der Waals surface area contributed by atoms with E-state index in [4.69, 9.17) is 26.4 Å². The van der Waals surface area contributed by atoms with Crippen molar-refractivity contribution in [2.45, 2.75) is 6.92 Å². The van der Waals surface area contributed by atoms with Crippen molar-refractivity contribution >= 4 is 40.3 Å². The van der Waals surface area contributed by atoms with Gasteiger partial charge in [0.1, 0.15) is 34.8 Å². The highest BCUT2D eigenvalue weighted by Gasteiger charge is 2.30. The number of thioether (sulfide) groups is 1. The van der Waals surface area contributed by atoms with Gasteiger partial charge in [-0.25, -0.2) is 0 Å². The Bertz CT molecular complexity index is 880. The minimum atomic E-state index is -0.0347. The molecule has 28 heavy (non-hydrogen) atoms. The third-order valence-electron chi connectivity index (χ3n) is 4.03. The zero-order valence-electron chi connectivity index (χ0n) is 15.7. The number of carbonyl (C=O) groups is 1. The lowest BCUT2D eigenvalue weighted by Gasteiger charge is -2.10. The number of carbonyl (C=O) groups excluding carboxylic acids is 1. The molecule has 0 bridgehead atoms. The summed E-state index contributed by atoms with van der Waals surface area (Å²) in [5.41, 5.74) is 0.927. The average Bonchev–Trinajstić information content (AvgIpc) is 2.99. The molecule has 146 valence electrons. The van der Waals surface area contributed by atoms with Gasteiger partial charge in [0.05, 0.1) is 12.0 Å². The van der Waals surface area contributed by atoms with Crippen LogP contribution in [0.4, 0.5) is 0 Å². The summed E-state index contributed by atoms with van der Waals surface area (Å²) in [6.45, 7) is 3.35. The number of hydrogen-bond acceptors (Lipinski definition) is 6. The molecular weight excluding hydrogens is 394 g/mol. The van der Waals surface area contributed by atoms with Crippen molar-refractivity contribution in [1.82, 2.24) is 4.90 Å². The predicted molar refractivity (Wildman–Crippen MR) is 116 cm³/mol. The van der Waals surface area contributed by atoms with Gasteiger partial charge in [0.2, 0.25) is 0 Å². The number of thiocarbonyl (C=S) groups is 1. The Balaban J connectivity index is 1.50. The molecule has 1 aliphatic heterocycles. The van der Waals surface area contributed by atoms with Gasteiger partial charge in [-0.15, -0.1) is 0 Å². The third-order valence-corrected chi connectivity index (χ3v) is 5.41. The third kappa shape index (κ3) is 5.05. The van der Waals surface area contributed by atoms with Gasteiger partial charge in [-0.1, -0.05) is 42.2 Å². The molecule has 0 aliphatic carbocycles. The molecule has 0 atom stereocenters. The molecule has 0 aromatic heterocycles. The standard InChI is InChI=1S/C21H21NO4S2/c1-3-22-20(23)19(28-21(22)27)13-15-7-9-16(10-8-15)25-11-12-26-18-6-4-5-17(14-18)24-2/h4-10,13-14H,3,11-12H2,1-2H3. The molecule has 1 fully saturated rings. The first kappa shape index (κ1) is 20.2. The largest absolute Gasteiger partial charge is 0.497 e. The highest BCUT2D eigenvalue weighted by Crippen LogP contribution is 2.32. The summed E-state index contributed by atoms with van der Waals surface area (Å²) in [7, 11) is 1.62. The second-order valence-electron chi connectivity index (χ2n) is 5.87. The van der Waals surface area contributed by atoms with Crippen LogP contribution in [-0.2, 0) is 4.79 Å². The zero-order chi connectivity index (χ0) is 19.9. The Morgan fingerprint density at radius 3 is 2.36 bits per heavy atom. The molecule has 0 unspecified atom stereocenters. The van der Waals surface area contributed by atoms with E-state index in [1.165, 1.54) is 11.8 Å². The Morgan fingerprint density at radius 1 is 1.04 bits per heavy atom. The minimum absolute atomic E-state index is 0.0347. The molecular formula is C21H21NO4S2. The quantitative estimate of drug-likeness (QED) is 0.362. The fraction of sp³-hybridized carbons (Fsp3) is 0.238. The molecule has 2 aromatic rings. The first-order valence-corrected chi connectivity index (χ1v) is 10.1. The lowest BCUT2D eigenvalue weighted by molar-refractivity contribution is -0.121. The van der Waals surface area contributed by atoms with Crippen molar-refractivity contribution in [3.63, 3.8) is 0 Å². The summed E-state index contributed by atoms with van der Waals surface area (Å²) >= 11 is 6.56. The molecule has 1 aliphatic rings. The smallest absolute Gasteiger partial charge is 0.266 e. The first-order chi connectivity index (χ1) is 13.6. The van der Waals surface area contributed by atoms with E-state index in [2.05, 4.69) is 0 Å². The van der Waals surface area contributed by atoms with Crippen molar-refractivity contribution in [2.24, 2.45) is 0 Å². The van der Waals surface area contributed by atoms with Gasteiger partial charge in [0.15, 0.2) is 0 Å². The van der Waals surface area contributed by atoms with E-state index in [-0.39, 0.29) is 5.91 Å². The Kier molecular flexibility index (Phi) is 6.95. The van der Waals surface area contributed by atoms with Crippen LogP contribution in [-0.4, -0.2) is 42.0 Å². The highest BCUT2D eigenvalue weighted by molar-refractivity contribution is 8.26. The lowest BCUT2D eigenvalue weighted by Crippen LogP contribution is -2.27. The number of hydrogen-bond donors (Lipinski definition) is 0. The molecule has 1 amide bonds. The average molecular weight is 416 g/mol. The number of methoxy groups -OCH3 is 1. The SMILES string of the molecule is CCN1C(=O)C(=Cc2ccc(OCCOc3cccc(OC)c3)cc2)SC1=S. The van der Waals surface area contributed by atoms with Gasteiger partial charge < -0.3 is 14.2 Å². The van der Waals surface area contributed by atoms with Crippen molar-refractivity contribution in [2.75, 3.05) is 26.9 Å². The summed E-state index contributed by atoms with van der Waals surface area (Å²) in [5, 5.41) is 0. The number of amides is 1. The Labute approximate surface area is 174 Å². The van der Waals surface area contributed by atoms with Gasteiger partial charge in [-0.05, 0) is 42.8 Å². The fourth-order valence-corrected chi connectivity index (χ4v) is 3.98. The van der Waals surface area contributed by atoms with Crippen LogP contribution in [0.3, 0.4) is 0 Å². The van der Waals surface area contributed by atoms with E-state index in [0.717, 1.165) is 22.8 Å². The second kappa shape index (κ2) is 9.61. The number of ether oxygens (including phenoxy) is 3. The fourth-order valence-electron chi connectivity index (χ4n) is 2.59. The van der Waals surface area contributed by atoms with Crippen molar-refractivity contribution in [3.8, 4) is 17.2 Å². The Hall–Kier alpha value is -2.51. The van der Waals surface area contributed by atoms with E-state index < -0.39 is 0 Å². The van der Waals surface area contributed by atoms with E-state index in [1.54, 1.807) is 12.0 Å². The maximum atomic E-state index is 12.3. The number of nitrogens with zero attached hydrogens (tertiary/aromatic N) is 1. The van der Waals surface area contributed by atoms with Crippen LogP contribution in [0.2, 0.25) is 0 Å². The van der Waals surface area contributed by atoms with Crippen LogP contribution >= 0.6 is 24.0 Å². The molecule has 3 rings (SSSR count). The zero-order valence-corrected chi connectivity index (χ0v) is 17.3. The molecule has 2 aromatic carbocycles. The summed E-state index contributed by atoms with van der Waals surface area (Å²) in [6.07, 6.45) is 1.85. The van der Waals surface area contributed by atoms with Gasteiger partial charge in [-0.2, -0.15) is 0 Å². The van der Waals surface area contributed by atoms with Crippen molar-refractivity contribution in [1.29, 1.82) is 0 Å². The molecule has 1 saturated heterocycles. The minimum Gasteiger partial charge on any atom is -0.497 e. The topological polar surface area (TPSA) is 48.0 Å². The predicted octanol–water partition coefficient (Wildman–Crippen LogP) is 4.37. The van der Waals surface area contributed by atoms with Gasteiger partial charge in [-0.3, -0.25) is 9.69 Å². The molecule has 7 heteroatoms. The van der Waals surface area contributed by atoms with Crippen LogP contribution in [0.25, 0.3) is 6.08 Å². The first-order valence-electron chi connectivity index (χ1n) is 8.86. The summed E-state index contributed by atoms with van der Waals surface area (Å²) < 4.78 is 17.1. The van der Waals surface area contributed by atoms with Crippen LogP contribution in [0.5, 0.6) is 17.2 Å². The number of benzene rings is 2. The second-order valence-corrected chi connectivity index (χ2v) is 7.55. The normalized spacial score (nSPS) is 15.2. The maximum absolute atomic E-state index is 12.3. The molecule has 0 N–H and O–H groups in total. The molecule has 1 heterocycles. The highest BCUT2D eigenvalue weighted by atomic mass is 32.2.